The first kappa shape index (κ1) is 13.5. The van der Waals surface area contributed by atoms with Crippen LogP contribution in [0.25, 0.3) is 16.9 Å². The predicted molar refractivity (Wildman–Crippen MR) is 83.2 cm³/mol. The molecule has 0 N–H and O–H groups in total. The van der Waals surface area contributed by atoms with Gasteiger partial charge in [-0.2, -0.15) is 5.10 Å². The van der Waals surface area contributed by atoms with Gasteiger partial charge in [0.1, 0.15) is 5.82 Å². The van der Waals surface area contributed by atoms with E-state index in [0.717, 1.165) is 16.8 Å². The van der Waals surface area contributed by atoms with Crippen molar-refractivity contribution in [3.63, 3.8) is 0 Å². The van der Waals surface area contributed by atoms with Crippen molar-refractivity contribution >= 4 is 5.65 Å². The molecule has 0 unspecified atom stereocenters. The van der Waals surface area contributed by atoms with Crippen LogP contribution in [-0.2, 0) is 6.42 Å². The molecule has 0 saturated heterocycles. The first-order chi connectivity index (χ1) is 11.3. The number of rotatable bonds is 3. The van der Waals surface area contributed by atoms with Gasteiger partial charge in [-0.3, -0.25) is 9.97 Å². The van der Waals surface area contributed by atoms with Crippen LogP contribution in [0.2, 0.25) is 0 Å². The molecule has 112 valence electrons. The van der Waals surface area contributed by atoms with Gasteiger partial charge >= 0.3 is 0 Å². The molecule has 0 fully saturated rings. The van der Waals surface area contributed by atoms with Crippen molar-refractivity contribution in [2.45, 2.75) is 6.42 Å². The minimum atomic E-state index is -0.324. The summed E-state index contributed by atoms with van der Waals surface area (Å²) < 4.78 is 15.6. The van der Waals surface area contributed by atoms with E-state index in [4.69, 9.17) is 0 Å². The van der Waals surface area contributed by atoms with Gasteiger partial charge in [-0.1, -0.05) is 0 Å². The molecule has 0 aromatic carbocycles. The molecule has 4 aromatic rings. The lowest BCUT2D eigenvalue weighted by atomic mass is 10.1. The van der Waals surface area contributed by atoms with Gasteiger partial charge in [0.2, 0.25) is 0 Å². The van der Waals surface area contributed by atoms with Gasteiger partial charge < -0.3 is 0 Å². The first-order valence-corrected chi connectivity index (χ1v) is 7.14. The Hall–Kier alpha value is -3.15. The summed E-state index contributed by atoms with van der Waals surface area (Å²) in [5.74, 6) is -0.324. The van der Waals surface area contributed by atoms with Crippen molar-refractivity contribution in [2.24, 2.45) is 0 Å². The average Bonchev–Trinajstić information content (AvgIpc) is 3.01. The molecule has 0 saturated carbocycles. The molecule has 0 aliphatic carbocycles. The third-order valence-electron chi connectivity index (χ3n) is 3.62. The molecular formula is C17H12FN5. The fraction of sp³-hybridized carbons (Fsp3) is 0.0588. The highest BCUT2D eigenvalue weighted by molar-refractivity contribution is 5.62. The van der Waals surface area contributed by atoms with Crippen molar-refractivity contribution < 1.29 is 4.39 Å². The van der Waals surface area contributed by atoms with Crippen LogP contribution in [-0.4, -0.2) is 24.6 Å². The van der Waals surface area contributed by atoms with Gasteiger partial charge in [0.05, 0.1) is 17.6 Å². The number of halogens is 1. The van der Waals surface area contributed by atoms with E-state index >= 15 is 0 Å². The number of fused-ring (bicyclic) bond motifs is 1. The van der Waals surface area contributed by atoms with Crippen LogP contribution in [0.1, 0.15) is 11.3 Å². The Morgan fingerprint density at radius 2 is 1.87 bits per heavy atom. The van der Waals surface area contributed by atoms with Crippen molar-refractivity contribution in [1.29, 1.82) is 0 Å². The van der Waals surface area contributed by atoms with Gasteiger partial charge in [0, 0.05) is 42.3 Å². The zero-order valence-corrected chi connectivity index (χ0v) is 12.1. The normalized spacial score (nSPS) is 11.0. The second kappa shape index (κ2) is 5.57. The van der Waals surface area contributed by atoms with Gasteiger partial charge in [-0.15, -0.1) is 0 Å². The lowest BCUT2D eigenvalue weighted by molar-refractivity contribution is 0.604. The second-order valence-electron chi connectivity index (χ2n) is 5.09. The molecule has 6 heteroatoms. The van der Waals surface area contributed by atoms with Crippen LogP contribution in [0.3, 0.4) is 0 Å². The van der Waals surface area contributed by atoms with E-state index in [1.54, 1.807) is 41.6 Å². The number of hydrogen-bond donors (Lipinski definition) is 0. The highest BCUT2D eigenvalue weighted by atomic mass is 19.1. The SMILES string of the molecule is Fc1cccnc1Cc1cnn2c(-c3cccnc3)ccnc12. The van der Waals surface area contributed by atoms with Crippen molar-refractivity contribution in [1.82, 2.24) is 24.6 Å². The molecule has 4 aromatic heterocycles. The Bertz CT molecular complexity index is 965. The van der Waals surface area contributed by atoms with Gasteiger partial charge in [-0.05, 0) is 30.3 Å². The summed E-state index contributed by atoms with van der Waals surface area (Å²) in [6.45, 7) is 0. The quantitative estimate of drug-likeness (QED) is 0.584. The molecule has 0 atom stereocenters. The predicted octanol–water partition coefficient (Wildman–Crippen LogP) is 2.92. The van der Waals surface area contributed by atoms with Crippen LogP contribution in [0, 0.1) is 5.82 Å². The number of nitrogens with zero attached hydrogens (tertiary/aromatic N) is 5. The third kappa shape index (κ3) is 2.44. The summed E-state index contributed by atoms with van der Waals surface area (Å²) in [6, 6.07) is 8.69. The van der Waals surface area contributed by atoms with Crippen LogP contribution in [0.15, 0.2) is 61.3 Å². The minimum absolute atomic E-state index is 0.324. The molecule has 0 bridgehead atoms. The van der Waals surface area contributed by atoms with E-state index in [0.29, 0.717) is 17.8 Å². The molecule has 0 spiro atoms. The van der Waals surface area contributed by atoms with E-state index in [1.165, 1.54) is 6.07 Å². The monoisotopic (exact) mass is 305 g/mol. The van der Waals surface area contributed by atoms with Crippen LogP contribution < -0.4 is 0 Å². The fourth-order valence-corrected chi connectivity index (χ4v) is 2.53. The molecule has 0 aliphatic heterocycles. The average molecular weight is 305 g/mol. The first-order valence-electron chi connectivity index (χ1n) is 7.14. The van der Waals surface area contributed by atoms with Gasteiger partial charge in [0.25, 0.3) is 0 Å². The van der Waals surface area contributed by atoms with E-state index in [-0.39, 0.29) is 5.82 Å². The summed E-state index contributed by atoms with van der Waals surface area (Å²) in [7, 11) is 0. The van der Waals surface area contributed by atoms with Gasteiger partial charge in [0.15, 0.2) is 5.65 Å². The molecule has 23 heavy (non-hydrogen) atoms. The largest absolute Gasteiger partial charge is 0.264 e. The molecule has 0 radical (unpaired) electrons. The Balaban J connectivity index is 1.81. The van der Waals surface area contributed by atoms with E-state index in [2.05, 4.69) is 20.1 Å². The second-order valence-corrected chi connectivity index (χ2v) is 5.09. The Morgan fingerprint density at radius 3 is 2.70 bits per heavy atom. The van der Waals surface area contributed by atoms with Crippen LogP contribution >= 0.6 is 0 Å². The Morgan fingerprint density at radius 1 is 0.957 bits per heavy atom. The lowest BCUT2D eigenvalue weighted by Gasteiger charge is -2.04. The highest BCUT2D eigenvalue weighted by Crippen LogP contribution is 2.21. The summed E-state index contributed by atoms with van der Waals surface area (Å²) >= 11 is 0. The lowest BCUT2D eigenvalue weighted by Crippen LogP contribution is -1.99. The standard InChI is InChI=1S/C17H12FN5/c18-14-4-2-7-20-15(14)9-13-11-22-23-16(5-8-21-17(13)23)12-3-1-6-19-10-12/h1-8,10-11H,9H2. The van der Waals surface area contributed by atoms with Crippen molar-refractivity contribution in [3.8, 4) is 11.3 Å². The number of pyridine rings is 2. The smallest absolute Gasteiger partial charge is 0.159 e. The molecule has 0 amide bonds. The maximum absolute atomic E-state index is 13.8. The van der Waals surface area contributed by atoms with E-state index in [9.17, 15) is 4.39 Å². The minimum Gasteiger partial charge on any atom is -0.264 e. The summed E-state index contributed by atoms with van der Waals surface area (Å²) in [5.41, 5.74) is 3.73. The summed E-state index contributed by atoms with van der Waals surface area (Å²) in [5, 5.41) is 4.40. The Labute approximate surface area is 131 Å². The van der Waals surface area contributed by atoms with Crippen molar-refractivity contribution in [3.05, 3.63) is 78.4 Å². The fourth-order valence-electron chi connectivity index (χ4n) is 2.53. The summed E-state index contributed by atoms with van der Waals surface area (Å²) in [6.07, 6.45) is 8.85. The molecule has 5 nitrogen and oxygen atoms in total. The third-order valence-corrected chi connectivity index (χ3v) is 3.62. The van der Waals surface area contributed by atoms with Crippen molar-refractivity contribution in [2.75, 3.05) is 0 Å². The summed E-state index contributed by atoms with van der Waals surface area (Å²) in [4.78, 5) is 12.6. The maximum Gasteiger partial charge on any atom is 0.159 e. The van der Waals surface area contributed by atoms with E-state index < -0.39 is 0 Å². The highest BCUT2D eigenvalue weighted by Gasteiger charge is 2.13. The number of aromatic nitrogens is 5. The number of hydrogen-bond acceptors (Lipinski definition) is 4. The topological polar surface area (TPSA) is 56.0 Å². The maximum atomic E-state index is 13.8. The van der Waals surface area contributed by atoms with Gasteiger partial charge in [-0.25, -0.2) is 13.9 Å². The molecule has 4 heterocycles. The van der Waals surface area contributed by atoms with Crippen LogP contribution in [0.4, 0.5) is 4.39 Å². The van der Waals surface area contributed by atoms with E-state index in [1.807, 2.05) is 18.2 Å². The molecule has 4 rings (SSSR count). The van der Waals surface area contributed by atoms with Crippen LogP contribution in [0.5, 0.6) is 0 Å². The Kier molecular flexibility index (Phi) is 3.27. The zero-order chi connectivity index (χ0) is 15.6. The molecular weight excluding hydrogens is 293 g/mol. The zero-order valence-electron chi connectivity index (χ0n) is 12.1. The molecule has 0 aliphatic rings.